The normalized spacial score (nSPS) is 18.9. The highest BCUT2D eigenvalue weighted by Gasteiger charge is 2.19. The van der Waals surface area contributed by atoms with Crippen LogP contribution in [0.5, 0.6) is 0 Å². The highest BCUT2D eigenvalue weighted by Crippen LogP contribution is 2.18. The minimum atomic E-state index is 0.764. The standard InChI is InChI=1S/C20H37N5O/c1-5-18-10-7-8-14-25(18)15-13-23-20(21-6-2)22-12-9-11-19-16(3)24-26-17(19)4/h18H,5-15H2,1-4H3,(H2,21,22,23). The van der Waals surface area contributed by atoms with Gasteiger partial charge in [0, 0.05) is 37.8 Å². The molecular formula is C20H37N5O. The van der Waals surface area contributed by atoms with E-state index in [9.17, 15) is 0 Å². The molecule has 1 aliphatic heterocycles. The van der Waals surface area contributed by atoms with Crippen molar-refractivity contribution < 1.29 is 4.52 Å². The van der Waals surface area contributed by atoms with Crippen molar-refractivity contribution >= 4 is 5.96 Å². The summed E-state index contributed by atoms with van der Waals surface area (Å²) < 4.78 is 5.23. The Morgan fingerprint density at radius 2 is 2.12 bits per heavy atom. The predicted octanol–water partition coefficient (Wildman–Crippen LogP) is 3.04. The lowest BCUT2D eigenvalue weighted by atomic mass is 10.0. The number of guanidine groups is 1. The smallest absolute Gasteiger partial charge is 0.191 e. The van der Waals surface area contributed by atoms with Crippen molar-refractivity contribution in [3.05, 3.63) is 17.0 Å². The number of piperidine rings is 1. The summed E-state index contributed by atoms with van der Waals surface area (Å²) in [7, 11) is 0. The van der Waals surface area contributed by atoms with Gasteiger partial charge in [-0.15, -0.1) is 0 Å². The molecule has 1 fully saturated rings. The molecular weight excluding hydrogens is 326 g/mol. The maximum atomic E-state index is 5.23. The molecule has 2 rings (SSSR count). The van der Waals surface area contributed by atoms with E-state index in [0.717, 1.165) is 62.5 Å². The number of likely N-dealkylation sites (tertiary alicyclic amines) is 1. The van der Waals surface area contributed by atoms with E-state index in [1.54, 1.807) is 0 Å². The van der Waals surface area contributed by atoms with Crippen LogP contribution >= 0.6 is 0 Å². The Bertz CT molecular complexity index is 535. The molecule has 1 aromatic rings. The molecule has 1 aliphatic rings. The molecule has 2 N–H and O–H groups in total. The molecule has 0 aliphatic carbocycles. The van der Waals surface area contributed by atoms with Gasteiger partial charge in [-0.1, -0.05) is 18.5 Å². The molecule has 26 heavy (non-hydrogen) atoms. The number of hydrogen-bond acceptors (Lipinski definition) is 4. The summed E-state index contributed by atoms with van der Waals surface area (Å²) in [5.41, 5.74) is 2.23. The fourth-order valence-electron chi connectivity index (χ4n) is 3.78. The maximum absolute atomic E-state index is 5.23. The topological polar surface area (TPSA) is 65.7 Å². The van der Waals surface area contributed by atoms with Crippen LogP contribution in [0.25, 0.3) is 0 Å². The summed E-state index contributed by atoms with van der Waals surface area (Å²) in [5.74, 6) is 1.86. The molecule has 1 saturated heterocycles. The molecule has 0 radical (unpaired) electrons. The first-order valence-electron chi connectivity index (χ1n) is 10.3. The number of aromatic nitrogens is 1. The van der Waals surface area contributed by atoms with Gasteiger partial charge in [-0.25, -0.2) is 0 Å². The predicted molar refractivity (Wildman–Crippen MR) is 108 cm³/mol. The van der Waals surface area contributed by atoms with Crippen LogP contribution < -0.4 is 10.6 Å². The van der Waals surface area contributed by atoms with E-state index in [0.29, 0.717) is 0 Å². The van der Waals surface area contributed by atoms with Crippen LogP contribution in [0.2, 0.25) is 0 Å². The van der Waals surface area contributed by atoms with Gasteiger partial charge in [-0.05, 0) is 59.4 Å². The van der Waals surface area contributed by atoms with Crippen molar-refractivity contribution in [2.45, 2.75) is 72.3 Å². The number of aryl methyl sites for hydroxylation is 2. The van der Waals surface area contributed by atoms with Gasteiger partial charge in [-0.2, -0.15) is 0 Å². The third-order valence-corrected chi connectivity index (χ3v) is 5.29. The Morgan fingerprint density at radius 1 is 1.27 bits per heavy atom. The Labute approximate surface area is 158 Å². The molecule has 1 unspecified atom stereocenters. The largest absolute Gasteiger partial charge is 0.361 e. The fraction of sp³-hybridized carbons (Fsp3) is 0.800. The molecule has 0 bridgehead atoms. The molecule has 148 valence electrons. The second-order valence-corrected chi connectivity index (χ2v) is 7.19. The van der Waals surface area contributed by atoms with Crippen LogP contribution in [0.3, 0.4) is 0 Å². The maximum Gasteiger partial charge on any atom is 0.191 e. The average Bonchev–Trinajstić information content (AvgIpc) is 2.97. The lowest BCUT2D eigenvalue weighted by Crippen LogP contribution is -2.46. The minimum Gasteiger partial charge on any atom is -0.361 e. The van der Waals surface area contributed by atoms with Crippen LogP contribution in [0.15, 0.2) is 9.52 Å². The van der Waals surface area contributed by atoms with E-state index in [1.165, 1.54) is 37.8 Å². The first-order chi connectivity index (χ1) is 12.7. The molecule has 2 heterocycles. The van der Waals surface area contributed by atoms with E-state index < -0.39 is 0 Å². The molecule has 6 nitrogen and oxygen atoms in total. The van der Waals surface area contributed by atoms with Crippen LogP contribution in [0, 0.1) is 13.8 Å². The molecule has 6 heteroatoms. The van der Waals surface area contributed by atoms with Crippen molar-refractivity contribution in [3.8, 4) is 0 Å². The second kappa shape index (κ2) is 11.2. The highest BCUT2D eigenvalue weighted by atomic mass is 16.5. The zero-order valence-corrected chi connectivity index (χ0v) is 17.1. The Hall–Kier alpha value is -1.56. The summed E-state index contributed by atoms with van der Waals surface area (Å²) in [6.07, 6.45) is 7.31. The van der Waals surface area contributed by atoms with Gasteiger partial charge in [0.05, 0.1) is 5.69 Å². The SMILES string of the molecule is CCNC(=NCCCc1c(C)noc1C)NCCN1CCCCC1CC. The van der Waals surface area contributed by atoms with Gasteiger partial charge in [-0.3, -0.25) is 9.89 Å². The third kappa shape index (κ3) is 6.31. The van der Waals surface area contributed by atoms with Gasteiger partial charge < -0.3 is 15.2 Å². The van der Waals surface area contributed by atoms with Gasteiger partial charge in [0.25, 0.3) is 0 Å². The Balaban J connectivity index is 1.73. The van der Waals surface area contributed by atoms with Gasteiger partial charge in [0.15, 0.2) is 5.96 Å². The van der Waals surface area contributed by atoms with Crippen molar-refractivity contribution in [1.82, 2.24) is 20.7 Å². The van der Waals surface area contributed by atoms with Gasteiger partial charge in [0.2, 0.25) is 0 Å². The van der Waals surface area contributed by atoms with Crippen molar-refractivity contribution in [1.29, 1.82) is 0 Å². The molecule has 1 atom stereocenters. The summed E-state index contributed by atoms with van der Waals surface area (Å²) >= 11 is 0. The van der Waals surface area contributed by atoms with Gasteiger partial charge >= 0.3 is 0 Å². The zero-order chi connectivity index (χ0) is 18.8. The molecule has 0 amide bonds. The van der Waals surface area contributed by atoms with E-state index in [-0.39, 0.29) is 0 Å². The highest BCUT2D eigenvalue weighted by molar-refractivity contribution is 5.79. The van der Waals surface area contributed by atoms with Crippen LogP contribution in [-0.2, 0) is 6.42 Å². The number of aliphatic imine (C=N–C) groups is 1. The first-order valence-corrected chi connectivity index (χ1v) is 10.3. The van der Waals surface area contributed by atoms with E-state index >= 15 is 0 Å². The Kier molecular flexibility index (Phi) is 8.95. The number of nitrogens with zero attached hydrogens (tertiary/aromatic N) is 3. The number of rotatable bonds is 9. The second-order valence-electron chi connectivity index (χ2n) is 7.19. The molecule has 0 saturated carbocycles. The first kappa shape index (κ1) is 20.7. The summed E-state index contributed by atoms with van der Waals surface area (Å²) in [6, 6.07) is 0.764. The summed E-state index contributed by atoms with van der Waals surface area (Å²) in [5, 5.41) is 10.9. The van der Waals surface area contributed by atoms with Crippen molar-refractivity contribution in [2.24, 2.45) is 4.99 Å². The lowest BCUT2D eigenvalue weighted by molar-refractivity contribution is 0.147. The van der Waals surface area contributed by atoms with E-state index in [2.05, 4.69) is 34.5 Å². The minimum absolute atomic E-state index is 0.764. The summed E-state index contributed by atoms with van der Waals surface area (Å²) in [4.78, 5) is 7.36. The Morgan fingerprint density at radius 3 is 2.81 bits per heavy atom. The molecule has 0 spiro atoms. The molecule has 0 aromatic carbocycles. The van der Waals surface area contributed by atoms with Crippen LogP contribution in [0.1, 0.15) is 63.0 Å². The third-order valence-electron chi connectivity index (χ3n) is 5.29. The van der Waals surface area contributed by atoms with Crippen molar-refractivity contribution in [2.75, 3.05) is 32.7 Å². The molecule has 1 aromatic heterocycles. The van der Waals surface area contributed by atoms with Crippen LogP contribution in [0.4, 0.5) is 0 Å². The number of nitrogens with one attached hydrogen (secondary N) is 2. The lowest BCUT2D eigenvalue weighted by Gasteiger charge is -2.35. The fourth-order valence-corrected chi connectivity index (χ4v) is 3.78. The van der Waals surface area contributed by atoms with Crippen molar-refractivity contribution in [3.63, 3.8) is 0 Å². The van der Waals surface area contributed by atoms with Gasteiger partial charge in [0.1, 0.15) is 5.76 Å². The monoisotopic (exact) mass is 363 g/mol. The van der Waals surface area contributed by atoms with E-state index in [1.807, 2.05) is 13.8 Å². The van der Waals surface area contributed by atoms with Crippen LogP contribution in [-0.4, -0.2) is 54.8 Å². The number of hydrogen-bond donors (Lipinski definition) is 2. The summed E-state index contributed by atoms with van der Waals surface area (Å²) in [6.45, 7) is 13.4. The zero-order valence-electron chi connectivity index (χ0n) is 17.1. The van der Waals surface area contributed by atoms with E-state index in [4.69, 9.17) is 9.52 Å². The quantitative estimate of drug-likeness (QED) is 0.401. The average molecular weight is 364 g/mol.